The maximum absolute atomic E-state index is 12.3. The van der Waals surface area contributed by atoms with Gasteiger partial charge < -0.3 is 10.6 Å². The zero-order valence-electron chi connectivity index (χ0n) is 15.8. The number of hydrogen-bond acceptors (Lipinski definition) is 3. The predicted molar refractivity (Wildman–Crippen MR) is 109 cm³/mol. The average molecular weight is 365 g/mol. The molecule has 0 aromatic heterocycles. The Morgan fingerprint density at radius 3 is 2.15 bits per heavy atom. The summed E-state index contributed by atoms with van der Waals surface area (Å²) in [7, 11) is 0. The minimum absolute atomic E-state index is 0.00782. The number of aryl methyl sites for hydroxylation is 1. The number of nitrogens with zero attached hydrogens (tertiary/aromatic N) is 1. The first kappa shape index (κ1) is 19.1. The van der Waals surface area contributed by atoms with Crippen LogP contribution in [0.2, 0.25) is 0 Å². The van der Waals surface area contributed by atoms with E-state index < -0.39 is 0 Å². The van der Waals surface area contributed by atoms with Crippen LogP contribution in [0.5, 0.6) is 0 Å². The first-order valence-corrected chi connectivity index (χ1v) is 9.60. The number of hydrogen-bond donors (Lipinski definition) is 2. The van der Waals surface area contributed by atoms with Crippen LogP contribution < -0.4 is 10.6 Å². The van der Waals surface area contributed by atoms with Gasteiger partial charge in [-0.15, -0.1) is 0 Å². The molecule has 0 bridgehead atoms. The second-order valence-corrected chi connectivity index (χ2v) is 7.14. The molecule has 0 saturated carbocycles. The van der Waals surface area contributed by atoms with E-state index in [4.69, 9.17) is 0 Å². The SMILES string of the molecule is Cc1cccc(C(=O)Nc2ccc(NC(=O)CN3CCCCCC3)cc2)c1. The van der Waals surface area contributed by atoms with E-state index in [1.165, 1.54) is 25.7 Å². The lowest BCUT2D eigenvalue weighted by Gasteiger charge is -2.19. The molecule has 2 amide bonds. The Morgan fingerprint density at radius 1 is 0.889 bits per heavy atom. The van der Waals surface area contributed by atoms with Crippen LogP contribution in [0.3, 0.4) is 0 Å². The number of benzene rings is 2. The molecule has 142 valence electrons. The highest BCUT2D eigenvalue weighted by Crippen LogP contribution is 2.16. The molecule has 1 fully saturated rings. The number of amides is 2. The lowest BCUT2D eigenvalue weighted by molar-refractivity contribution is -0.117. The number of nitrogens with one attached hydrogen (secondary N) is 2. The van der Waals surface area contributed by atoms with Gasteiger partial charge in [-0.2, -0.15) is 0 Å². The van der Waals surface area contributed by atoms with Crippen molar-refractivity contribution >= 4 is 23.2 Å². The summed E-state index contributed by atoms with van der Waals surface area (Å²) in [5.74, 6) is -0.134. The molecule has 5 nitrogen and oxygen atoms in total. The standard InChI is InChI=1S/C22H27N3O2/c1-17-7-6-8-18(15-17)22(27)24-20-11-9-19(10-12-20)23-21(26)16-25-13-4-2-3-5-14-25/h6-12,15H,2-5,13-14,16H2,1H3,(H,23,26)(H,24,27). The van der Waals surface area contributed by atoms with Gasteiger partial charge >= 0.3 is 0 Å². The summed E-state index contributed by atoms with van der Waals surface area (Å²) in [5, 5.41) is 5.81. The normalized spacial score (nSPS) is 15.0. The Morgan fingerprint density at radius 2 is 1.52 bits per heavy atom. The number of likely N-dealkylation sites (tertiary alicyclic amines) is 1. The van der Waals surface area contributed by atoms with Gasteiger partial charge in [-0.3, -0.25) is 14.5 Å². The number of carbonyl (C=O) groups excluding carboxylic acids is 2. The summed E-state index contributed by atoms with van der Waals surface area (Å²) in [6, 6.07) is 14.7. The van der Waals surface area contributed by atoms with E-state index in [0.717, 1.165) is 24.3 Å². The van der Waals surface area contributed by atoms with Crippen molar-refractivity contribution in [3.8, 4) is 0 Å². The summed E-state index contributed by atoms with van der Waals surface area (Å²) in [5.41, 5.74) is 3.12. The number of anilines is 2. The van der Waals surface area contributed by atoms with E-state index in [1.807, 2.05) is 37.3 Å². The third kappa shape index (κ3) is 5.93. The molecular formula is C22H27N3O2. The molecule has 27 heavy (non-hydrogen) atoms. The molecular weight excluding hydrogens is 338 g/mol. The Labute approximate surface area is 160 Å². The Balaban J connectivity index is 1.52. The van der Waals surface area contributed by atoms with Gasteiger partial charge in [-0.25, -0.2) is 0 Å². The Bertz CT molecular complexity index is 778. The predicted octanol–water partition coefficient (Wildman–Crippen LogP) is 4.06. The molecule has 2 N–H and O–H groups in total. The van der Waals surface area contributed by atoms with Crippen molar-refractivity contribution in [3.05, 3.63) is 59.7 Å². The molecule has 1 aliphatic heterocycles. The van der Waals surface area contributed by atoms with Crippen LogP contribution in [-0.4, -0.2) is 36.3 Å². The van der Waals surface area contributed by atoms with Crippen molar-refractivity contribution in [1.29, 1.82) is 0 Å². The maximum Gasteiger partial charge on any atom is 0.255 e. The van der Waals surface area contributed by atoms with E-state index in [-0.39, 0.29) is 11.8 Å². The van der Waals surface area contributed by atoms with E-state index >= 15 is 0 Å². The quantitative estimate of drug-likeness (QED) is 0.840. The van der Waals surface area contributed by atoms with Crippen LogP contribution in [0.15, 0.2) is 48.5 Å². The second kappa shape index (κ2) is 9.33. The van der Waals surface area contributed by atoms with E-state index in [9.17, 15) is 9.59 Å². The zero-order valence-corrected chi connectivity index (χ0v) is 15.8. The molecule has 2 aromatic carbocycles. The fourth-order valence-electron chi connectivity index (χ4n) is 3.32. The highest BCUT2D eigenvalue weighted by atomic mass is 16.2. The van der Waals surface area contributed by atoms with Crippen molar-refractivity contribution < 1.29 is 9.59 Å². The lowest BCUT2D eigenvalue weighted by Crippen LogP contribution is -2.33. The summed E-state index contributed by atoms with van der Waals surface area (Å²) >= 11 is 0. The van der Waals surface area contributed by atoms with Gasteiger partial charge in [0.15, 0.2) is 0 Å². The minimum Gasteiger partial charge on any atom is -0.325 e. The molecule has 0 atom stereocenters. The fourth-order valence-corrected chi connectivity index (χ4v) is 3.32. The molecule has 1 heterocycles. The summed E-state index contributed by atoms with van der Waals surface area (Å²) in [6.07, 6.45) is 4.85. The van der Waals surface area contributed by atoms with Gasteiger partial charge in [0.2, 0.25) is 5.91 Å². The molecule has 5 heteroatoms. The first-order valence-electron chi connectivity index (χ1n) is 9.60. The number of rotatable bonds is 5. The van der Waals surface area contributed by atoms with Crippen LogP contribution in [0, 0.1) is 6.92 Å². The van der Waals surface area contributed by atoms with Gasteiger partial charge in [0, 0.05) is 16.9 Å². The topological polar surface area (TPSA) is 61.4 Å². The second-order valence-electron chi connectivity index (χ2n) is 7.14. The fraction of sp³-hybridized carbons (Fsp3) is 0.364. The minimum atomic E-state index is -0.142. The van der Waals surface area contributed by atoms with Gasteiger partial charge in [0.1, 0.15) is 0 Å². The molecule has 3 rings (SSSR count). The van der Waals surface area contributed by atoms with E-state index in [2.05, 4.69) is 15.5 Å². The smallest absolute Gasteiger partial charge is 0.255 e. The summed E-state index contributed by atoms with van der Waals surface area (Å²) < 4.78 is 0. The Kier molecular flexibility index (Phi) is 6.60. The van der Waals surface area contributed by atoms with Gasteiger partial charge in [-0.05, 0) is 69.3 Å². The Hall–Kier alpha value is -2.66. The van der Waals surface area contributed by atoms with Gasteiger partial charge in [0.05, 0.1) is 6.54 Å². The third-order valence-electron chi connectivity index (χ3n) is 4.77. The van der Waals surface area contributed by atoms with Crippen LogP contribution in [0.1, 0.15) is 41.6 Å². The van der Waals surface area contributed by atoms with Gasteiger partial charge in [0.25, 0.3) is 5.91 Å². The first-order chi connectivity index (χ1) is 13.1. The van der Waals surface area contributed by atoms with Crippen molar-refractivity contribution in [2.45, 2.75) is 32.6 Å². The van der Waals surface area contributed by atoms with Crippen LogP contribution in [-0.2, 0) is 4.79 Å². The molecule has 2 aromatic rings. The molecule has 0 radical (unpaired) electrons. The average Bonchev–Trinajstić information content (AvgIpc) is 2.92. The van der Waals surface area contributed by atoms with E-state index in [1.54, 1.807) is 18.2 Å². The molecule has 1 saturated heterocycles. The van der Waals surface area contributed by atoms with Crippen molar-refractivity contribution in [2.24, 2.45) is 0 Å². The monoisotopic (exact) mass is 365 g/mol. The maximum atomic E-state index is 12.3. The highest BCUT2D eigenvalue weighted by Gasteiger charge is 2.13. The molecule has 0 aliphatic carbocycles. The zero-order chi connectivity index (χ0) is 19.1. The summed E-state index contributed by atoms with van der Waals surface area (Å²) in [4.78, 5) is 26.8. The van der Waals surface area contributed by atoms with Gasteiger partial charge in [-0.1, -0.05) is 30.5 Å². The van der Waals surface area contributed by atoms with Crippen molar-refractivity contribution in [3.63, 3.8) is 0 Å². The lowest BCUT2D eigenvalue weighted by atomic mass is 10.1. The van der Waals surface area contributed by atoms with Crippen LogP contribution >= 0.6 is 0 Å². The molecule has 0 spiro atoms. The molecule has 1 aliphatic rings. The molecule has 0 unspecified atom stereocenters. The highest BCUT2D eigenvalue weighted by molar-refractivity contribution is 6.04. The number of carbonyl (C=O) groups is 2. The van der Waals surface area contributed by atoms with Crippen molar-refractivity contribution in [1.82, 2.24) is 4.90 Å². The third-order valence-corrected chi connectivity index (χ3v) is 4.77. The van der Waals surface area contributed by atoms with E-state index in [0.29, 0.717) is 17.8 Å². The van der Waals surface area contributed by atoms with Crippen LogP contribution in [0.4, 0.5) is 11.4 Å². The van der Waals surface area contributed by atoms with Crippen LogP contribution in [0.25, 0.3) is 0 Å². The largest absolute Gasteiger partial charge is 0.325 e. The van der Waals surface area contributed by atoms with Crippen molar-refractivity contribution in [2.75, 3.05) is 30.3 Å². The summed E-state index contributed by atoms with van der Waals surface area (Å²) in [6.45, 7) is 4.39.